The molecule has 98 valence electrons. The van der Waals surface area contributed by atoms with Crippen LogP contribution in [0.3, 0.4) is 0 Å². The van der Waals surface area contributed by atoms with Crippen LogP contribution in [0.5, 0.6) is 0 Å². The summed E-state index contributed by atoms with van der Waals surface area (Å²) in [6.07, 6.45) is 4.60. The fourth-order valence-electron chi connectivity index (χ4n) is 2.64. The summed E-state index contributed by atoms with van der Waals surface area (Å²) < 4.78 is 28.5. The fourth-order valence-corrected chi connectivity index (χ4v) is 4.47. The van der Waals surface area contributed by atoms with Crippen LogP contribution in [0, 0.1) is 5.92 Å². The molecular weight excluding hydrogens is 258 g/mol. The van der Waals surface area contributed by atoms with Gasteiger partial charge >= 0.3 is 0 Å². The first kappa shape index (κ1) is 13.2. The van der Waals surface area contributed by atoms with Gasteiger partial charge in [0.2, 0.25) is 0 Å². The standard InChI is InChI=1S/C10H19N3O2S2/c11-10(16)8-4-3-5-9(8)12-17(14,15)13-6-1-2-7-13/h8-9,12H,1-7H2,(H2,11,16). The van der Waals surface area contributed by atoms with Gasteiger partial charge in [-0.3, -0.25) is 0 Å². The van der Waals surface area contributed by atoms with Crippen molar-refractivity contribution in [3.8, 4) is 0 Å². The van der Waals surface area contributed by atoms with E-state index in [1.165, 1.54) is 4.31 Å². The van der Waals surface area contributed by atoms with E-state index in [4.69, 9.17) is 18.0 Å². The molecule has 1 saturated heterocycles. The molecule has 1 heterocycles. The molecule has 0 radical (unpaired) electrons. The van der Waals surface area contributed by atoms with Crippen LogP contribution in [-0.2, 0) is 10.2 Å². The Hall–Kier alpha value is -0.240. The molecule has 5 nitrogen and oxygen atoms in total. The SMILES string of the molecule is NC(=S)C1CCCC1NS(=O)(=O)N1CCCC1. The molecule has 0 amide bonds. The zero-order chi connectivity index (χ0) is 12.5. The van der Waals surface area contributed by atoms with Gasteiger partial charge in [0.15, 0.2) is 0 Å². The molecule has 2 rings (SSSR count). The van der Waals surface area contributed by atoms with Crippen molar-refractivity contribution in [2.45, 2.75) is 38.1 Å². The topological polar surface area (TPSA) is 75.4 Å². The second-order valence-electron chi connectivity index (χ2n) is 4.78. The molecule has 2 atom stereocenters. The van der Waals surface area contributed by atoms with Gasteiger partial charge in [-0.05, 0) is 25.7 Å². The van der Waals surface area contributed by atoms with Crippen LogP contribution in [0.1, 0.15) is 32.1 Å². The van der Waals surface area contributed by atoms with Crippen LogP contribution in [0.2, 0.25) is 0 Å². The van der Waals surface area contributed by atoms with E-state index in [0.29, 0.717) is 18.1 Å². The van der Waals surface area contributed by atoms with E-state index < -0.39 is 10.2 Å². The lowest BCUT2D eigenvalue weighted by atomic mass is 10.1. The Morgan fingerprint density at radius 3 is 2.47 bits per heavy atom. The molecule has 2 fully saturated rings. The quantitative estimate of drug-likeness (QED) is 0.728. The normalized spacial score (nSPS) is 30.8. The molecule has 3 N–H and O–H groups in total. The van der Waals surface area contributed by atoms with Crippen LogP contribution >= 0.6 is 12.2 Å². The van der Waals surface area contributed by atoms with E-state index in [-0.39, 0.29) is 12.0 Å². The molecular formula is C10H19N3O2S2. The Balaban J connectivity index is 2.02. The highest BCUT2D eigenvalue weighted by molar-refractivity contribution is 7.87. The monoisotopic (exact) mass is 277 g/mol. The maximum atomic E-state index is 12.1. The summed E-state index contributed by atoms with van der Waals surface area (Å²) in [5.74, 6) is 0.0161. The highest BCUT2D eigenvalue weighted by Crippen LogP contribution is 2.27. The van der Waals surface area contributed by atoms with Crippen LogP contribution < -0.4 is 10.5 Å². The van der Waals surface area contributed by atoms with Crippen molar-refractivity contribution in [3.63, 3.8) is 0 Å². The smallest absolute Gasteiger partial charge is 0.279 e. The first-order valence-corrected chi connectivity index (χ1v) is 7.92. The van der Waals surface area contributed by atoms with E-state index in [0.717, 1.165) is 32.1 Å². The second kappa shape index (κ2) is 5.17. The number of nitrogens with zero attached hydrogens (tertiary/aromatic N) is 1. The van der Waals surface area contributed by atoms with E-state index >= 15 is 0 Å². The minimum Gasteiger partial charge on any atom is -0.393 e. The van der Waals surface area contributed by atoms with Crippen molar-refractivity contribution < 1.29 is 8.42 Å². The minimum absolute atomic E-state index is 0.0161. The van der Waals surface area contributed by atoms with Crippen LogP contribution in [0.15, 0.2) is 0 Å². The summed E-state index contributed by atoms with van der Waals surface area (Å²) in [5.41, 5.74) is 5.64. The summed E-state index contributed by atoms with van der Waals surface area (Å²) in [6, 6.07) is -0.113. The first-order valence-electron chi connectivity index (χ1n) is 6.07. The fraction of sp³-hybridized carbons (Fsp3) is 0.900. The molecule has 0 aromatic rings. The lowest BCUT2D eigenvalue weighted by Crippen LogP contribution is -2.47. The largest absolute Gasteiger partial charge is 0.393 e. The highest BCUT2D eigenvalue weighted by Gasteiger charge is 2.35. The summed E-state index contributed by atoms with van der Waals surface area (Å²) >= 11 is 4.99. The van der Waals surface area contributed by atoms with Gasteiger partial charge in [0.05, 0.1) is 4.99 Å². The third-order valence-electron chi connectivity index (χ3n) is 3.59. The summed E-state index contributed by atoms with van der Waals surface area (Å²) in [5, 5.41) is 0. The average Bonchev–Trinajstić information content (AvgIpc) is 2.85. The van der Waals surface area contributed by atoms with E-state index in [2.05, 4.69) is 4.72 Å². The molecule has 0 aromatic heterocycles. The van der Waals surface area contributed by atoms with E-state index in [9.17, 15) is 8.42 Å². The van der Waals surface area contributed by atoms with Gasteiger partial charge < -0.3 is 5.73 Å². The summed E-state index contributed by atoms with van der Waals surface area (Å²) in [6.45, 7) is 1.25. The van der Waals surface area contributed by atoms with Crippen molar-refractivity contribution in [2.24, 2.45) is 11.7 Å². The number of hydrogen-bond acceptors (Lipinski definition) is 3. The van der Waals surface area contributed by atoms with Gasteiger partial charge in [-0.25, -0.2) is 0 Å². The van der Waals surface area contributed by atoms with Crippen molar-refractivity contribution >= 4 is 27.4 Å². The van der Waals surface area contributed by atoms with Crippen molar-refractivity contribution in [1.29, 1.82) is 0 Å². The molecule has 0 aromatic carbocycles. The predicted octanol–water partition coefficient (Wildman–Crippen LogP) is 0.371. The average molecular weight is 277 g/mol. The molecule has 1 aliphatic carbocycles. The number of rotatable bonds is 4. The Kier molecular flexibility index (Phi) is 4.02. The molecule has 7 heteroatoms. The van der Waals surface area contributed by atoms with Crippen molar-refractivity contribution in [1.82, 2.24) is 9.03 Å². The lowest BCUT2D eigenvalue weighted by molar-refractivity contribution is 0.443. The van der Waals surface area contributed by atoms with E-state index in [1.54, 1.807) is 0 Å². The predicted molar refractivity (Wildman–Crippen MR) is 70.8 cm³/mol. The second-order valence-corrected chi connectivity index (χ2v) is 6.95. The van der Waals surface area contributed by atoms with Gasteiger partial charge in [0.25, 0.3) is 10.2 Å². The van der Waals surface area contributed by atoms with E-state index in [1.807, 2.05) is 0 Å². The molecule has 1 aliphatic heterocycles. The van der Waals surface area contributed by atoms with Crippen LogP contribution in [-0.4, -0.2) is 36.8 Å². The van der Waals surface area contributed by atoms with Gasteiger partial charge in [-0.1, -0.05) is 18.6 Å². The van der Waals surface area contributed by atoms with Crippen molar-refractivity contribution in [3.05, 3.63) is 0 Å². The zero-order valence-electron chi connectivity index (χ0n) is 9.76. The number of nitrogens with one attached hydrogen (secondary N) is 1. The van der Waals surface area contributed by atoms with Gasteiger partial charge in [0, 0.05) is 25.0 Å². The summed E-state index contributed by atoms with van der Waals surface area (Å²) in [4.78, 5) is 0.427. The molecule has 2 unspecified atom stereocenters. The lowest BCUT2D eigenvalue weighted by Gasteiger charge is -2.23. The summed E-state index contributed by atoms with van der Waals surface area (Å²) in [7, 11) is -3.34. The Morgan fingerprint density at radius 1 is 1.24 bits per heavy atom. The molecule has 1 saturated carbocycles. The highest BCUT2D eigenvalue weighted by atomic mass is 32.2. The number of hydrogen-bond donors (Lipinski definition) is 2. The van der Waals surface area contributed by atoms with Gasteiger partial charge in [0.1, 0.15) is 0 Å². The number of thiocarbonyl (C=S) groups is 1. The Bertz CT molecular complexity index is 390. The third kappa shape index (κ3) is 2.96. The maximum Gasteiger partial charge on any atom is 0.279 e. The van der Waals surface area contributed by atoms with Crippen molar-refractivity contribution in [2.75, 3.05) is 13.1 Å². The minimum atomic E-state index is -3.34. The first-order chi connectivity index (χ1) is 8.00. The Labute approximate surface area is 108 Å². The van der Waals surface area contributed by atoms with Crippen LogP contribution in [0.4, 0.5) is 0 Å². The Morgan fingerprint density at radius 2 is 1.88 bits per heavy atom. The molecule has 0 bridgehead atoms. The molecule has 17 heavy (non-hydrogen) atoms. The number of nitrogens with two attached hydrogens (primary N) is 1. The molecule has 2 aliphatic rings. The third-order valence-corrected chi connectivity index (χ3v) is 5.54. The molecule has 0 spiro atoms. The van der Waals surface area contributed by atoms with Crippen LogP contribution in [0.25, 0.3) is 0 Å². The van der Waals surface area contributed by atoms with Gasteiger partial charge in [-0.2, -0.15) is 17.4 Å². The zero-order valence-corrected chi connectivity index (χ0v) is 11.4. The maximum absolute atomic E-state index is 12.1. The van der Waals surface area contributed by atoms with Gasteiger partial charge in [-0.15, -0.1) is 0 Å².